The summed E-state index contributed by atoms with van der Waals surface area (Å²) in [5, 5.41) is 6.53. The van der Waals surface area contributed by atoms with Crippen molar-refractivity contribution in [3.63, 3.8) is 0 Å². The van der Waals surface area contributed by atoms with Gasteiger partial charge in [0.05, 0.1) is 6.10 Å². The topological polar surface area (TPSA) is 58.5 Å². The quantitative estimate of drug-likeness (QED) is 0.531. The van der Waals surface area contributed by atoms with Gasteiger partial charge in [0.15, 0.2) is 5.96 Å². The van der Waals surface area contributed by atoms with Crippen LogP contribution < -0.4 is 15.4 Å². The fourth-order valence-corrected chi connectivity index (χ4v) is 3.05. The number of rotatable bonds is 8. The highest BCUT2D eigenvalue weighted by molar-refractivity contribution is 7.97. The van der Waals surface area contributed by atoms with Crippen molar-refractivity contribution in [1.82, 2.24) is 15.6 Å². The van der Waals surface area contributed by atoms with Crippen LogP contribution in [0.1, 0.15) is 30.5 Å². The van der Waals surface area contributed by atoms with Crippen LogP contribution in [0, 0.1) is 5.82 Å². The van der Waals surface area contributed by atoms with Gasteiger partial charge < -0.3 is 15.4 Å². The number of aliphatic imine (C=N–C) groups is 1. The number of benzene rings is 1. The molecular formula is C20H27FN4OS. The standard InChI is InChI=1S/C20H27FN4OS/c1-14(2)26-19-8-5-15(10-23-19)11-24-20(22-3)25-12-16-6-7-18(21)9-17(16)13-27-4/h5-10,14H,11-13H2,1-4H3,(H2,22,24,25). The smallest absolute Gasteiger partial charge is 0.213 e. The summed E-state index contributed by atoms with van der Waals surface area (Å²) in [5.41, 5.74) is 3.08. The molecule has 2 N–H and O–H groups in total. The second-order valence-corrected chi connectivity index (χ2v) is 7.16. The molecule has 0 spiro atoms. The second-order valence-electron chi connectivity index (χ2n) is 6.30. The Bertz CT molecular complexity index is 750. The third-order valence-electron chi connectivity index (χ3n) is 3.75. The first-order chi connectivity index (χ1) is 13.0. The highest BCUT2D eigenvalue weighted by atomic mass is 32.2. The molecule has 0 bridgehead atoms. The van der Waals surface area contributed by atoms with Crippen LogP contribution in [0.25, 0.3) is 0 Å². The number of guanidine groups is 1. The predicted molar refractivity (Wildman–Crippen MR) is 111 cm³/mol. The minimum atomic E-state index is -0.206. The third-order valence-corrected chi connectivity index (χ3v) is 4.35. The maximum Gasteiger partial charge on any atom is 0.213 e. The van der Waals surface area contributed by atoms with Gasteiger partial charge in [-0.15, -0.1) is 0 Å². The molecule has 7 heteroatoms. The van der Waals surface area contributed by atoms with Crippen molar-refractivity contribution in [2.24, 2.45) is 4.99 Å². The number of nitrogens with one attached hydrogen (secondary N) is 2. The van der Waals surface area contributed by atoms with Gasteiger partial charge in [0.2, 0.25) is 5.88 Å². The highest BCUT2D eigenvalue weighted by Gasteiger charge is 2.06. The van der Waals surface area contributed by atoms with Crippen molar-refractivity contribution in [2.45, 2.75) is 38.8 Å². The summed E-state index contributed by atoms with van der Waals surface area (Å²) in [4.78, 5) is 8.53. The molecule has 0 amide bonds. The van der Waals surface area contributed by atoms with Gasteiger partial charge in [0, 0.05) is 38.2 Å². The van der Waals surface area contributed by atoms with E-state index >= 15 is 0 Å². The van der Waals surface area contributed by atoms with Crippen LogP contribution in [0.4, 0.5) is 4.39 Å². The van der Waals surface area contributed by atoms with Crippen LogP contribution in [0.2, 0.25) is 0 Å². The number of ether oxygens (including phenoxy) is 1. The summed E-state index contributed by atoms with van der Waals surface area (Å²) >= 11 is 1.67. The summed E-state index contributed by atoms with van der Waals surface area (Å²) in [5.74, 6) is 1.87. The van der Waals surface area contributed by atoms with Crippen LogP contribution in [-0.2, 0) is 18.8 Å². The van der Waals surface area contributed by atoms with E-state index in [2.05, 4.69) is 20.6 Å². The Hall–Kier alpha value is -2.28. The van der Waals surface area contributed by atoms with Crippen molar-refractivity contribution in [3.8, 4) is 5.88 Å². The van der Waals surface area contributed by atoms with E-state index in [1.807, 2.05) is 38.3 Å². The molecule has 27 heavy (non-hydrogen) atoms. The van der Waals surface area contributed by atoms with E-state index in [1.165, 1.54) is 6.07 Å². The van der Waals surface area contributed by atoms with Crippen molar-refractivity contribution in [3.05, 3.63) is 59.0 Å². The Kier molecular flexibility index (Phi) is 8.39. The van der Waals surface area contributed by atoms with Gasteiger partial charge in [-0.3, -0.25) is 4.99 Å². The number of thioether (sulfide) groups is 1. The second kappa shape index (κ2) is 10.8. The third kappa shape index (κ3) is 7.09. The van der Waals surface area contributed by atoms with Gasteiger partial charge in [-0.1, -0.05) is 12.1 Å². The lowest BCUT2D eigenvalue weighted by molar-refractivity contribution is 0.232. The first kappa shape index (κ1) is 21.0. The minimum absolute atomic E-state index is 0.104. The van der Waals surface area contributed by atoms with Crippen LogP contribution in [0.3, 0.4) is 0 Å². The molecule has 0 fully saturated rings. The maximum atomic E-state index is 13.5. The Morgan fingerprint density at radius 3 is 2.59 bits per heavy atom. The molecule has 0 saturated carbocycles. The molecule has 1 aromatic heterocycles. The molecule has 0 aliphatic heterocycles. The van der Waals surface area contributed by atoms with Gasteiger partial charge in [0.1, 0.15) is 5.82 Å². The van der Waals surface area contributed by atoms with Gasteiger partial charge in [-0.25, -0.2) is 9.37 Å². The predicted octanol–water partition coefficient (Wildman–Crippen LogP) is 3.74. The van der Waals surface area contributed by atoms with E-state index in [1.54, 1.807) is 31.1 Å². The summed E-state index contributed by atoms with van der Waals surface area (Å²) in [7, 11) is 1.72. The number of pyridine rings is 1. The van der Waals surface area contributed by atoms with E-state index < -0.39 is 0 Å². The molecule has 1 aromatic carbocycles. The Labute approximate surface area is 164 Å². The Balaban J connectivity index is 1.89. The van der Waals surface area contributed by atoms with Gasteiger partial charge in [-0.05, 0) is 48.9 Å². The average molecular weight is 391 g/mol. The molecule has 2 aromatic rings. The molecule has 0 saturated heterocycles. The number of nitrogens with zero attached hydrogens (tertiary/aromatic N) is 2. The van der Waals surface area contributed by atoms with Crippen molar-refractivity contribution in [1.29, 1.82) is 0 Å². The summed E-state index contributed by atoms with van der Waals surface area (Å²) in [6.07, 6.45) is 3.90. The normalized spacial score (nSPS) is 11.6. The molecule has 2 rings (SSSR count). The Morgan fingerprint density at radius 2 is 1.96 bits per heavy atom. The fourth-order valence-electron chi connectivity index (χ4n) is 2.47. The lowest BCUT2D eigenvalue weighted by Gasteiger charge is -2.14. The summed E-state index contributed by atoms with van der Waals surface area (Å²) in [6, 6.07) is 8.74. The van der Waals surface area contributed by atoms with Crippen molar-refractivity contribution >= 4 is 17.7 Å². The largest absolute Gasteiger partial charge is 0.475 e. The first-order valence-corrected chi connectivity index (χ1v) is 10.2. The Morgan fingerprint density at radius 1 is 1.19 bits per heavy atom. The molecule has 1 heterocycles. The maximum absolute atomic E-state index is 13.5. The molecule has 0 atom stereocenters. The van der Waals surface area contributed by atoms with Crippen LogP contribution in [0.15, 0.2) is 41.5 Å². The van der Waals surface area contributed by atoms with Crippen LogP contribution in [-0.4, -0.2) is 30.4 Å². The van der Waals surface area contributed by atoms with Gasteiger partial charge >= 0.3 is 0 Å². The van der Waals surface area contributed by atoms with Crippen molar-refractivity contribution < 1.29 is 9.13 Å². The van der Waals surface area contributed by atoms with Gasteiger partial charge in [0.25, 0.3) is 0 Å². The highest BCUT2D eigenvalue weighted by Crippen LogP contribution is 2.16. The fraction of sp³-hybridized carbons (Fsp3) is 0.400. The molecule has 5 nitrogen and oxygen atoms in total. The molecule has 0 aliphatic carbocycles. The number of hydrogen-bond donors (Lipinski definition) is 2. The number of hydrogen-bond acceptors (Lipinski definition) is 4. The van der Waals surface area contributed by atoms with E-state index in [9.17, 15) is 4.39 Å². The lowest BCUT2D eigenvalue weighted by Crippen LogP contribution is -2.36. The first-order valence-electron chi connectivity index (χ1n) is 8.84. The lowest BCUT2D eigenvalue weighted by atomic mass is 10.1. The average Bonchev–Trinajstić information content (AvgIpc) is 2.64. The summed E-state index contributed by atoms with van der Waals surface area (Å²) in [6.45, 7) is 5.11. The molecule has 146 valence electrons. The number of aromatic nitrogens is 1. The number of halogens is 1. The SMILES string of the molecule is CN=C(NCc1ccc(OC(C)C)nc1)NCc1ccc(F)cc1CSC. The van der Waals surface area contributed by atoms with E-state index in [0.29, 0.717) is 24.9 Å². The van der Waals surface area contributed by atoms with Crippen LogP contribution in [0.5, 0.6) is 5.88 Å². The zero-order valence-electron chi connectivity index (χ0n) is 16.3. The molecule has 0 radical (unpaired) electrons. The van der Waals surface area contributed by atoms with Gasteiger partial charge in [-0.2, -0.15) is 11.8 Å². The van der Waals surface area contributed by atoms with E-state index in [-0.39, 0.29) is 11.9 Å². The monoisotopic (exact) mass is 390 g/mol. The van der Waals surface area contributed by atoms with E-state index in [0.717, 1.165) is 22.4 Å². The van der Waals surface area contributed by atoms with Crippen molar-refractivity contribution in [2.75, 3.05) is 13.3 Å². The molecule has 0 aliphatic rings. The summed E-state index contributed by atoms with van der Waals surface area (Å²) < 4.78 is 19.0. The van der Waals surface area contributed by atoms with Crippen LogP contribution >= 0.6 is 11.8 Å². The zero-order chi connectivity index (χ0) is 19.6. The zero-order valence-corrected chi connectivity index (χ0v) is 17.1. The molecule has 0 unspecified atom stereocenters. The molecular weight excluding hydrogens is 363 g/mol. The minimum Gasteiger partial charge on any atom is -0.475 e. The van der Waals surface area contributed by atoms with E-state index in [4.69, 9.17) is 4.74 Å².